The van der Waals surface area contributed by atoms with Crippen LogP contribution in [0.3, 0.4) is 0 Å². The highest BCUT2D eigenvalue weighted by Gasteiger charge is 2.15. The summed E-state index contributed by atoms with van der Waals surface area (Å²) in [4.78, 5) is 7.55. The Morgan fingerprint density at radius 1 is 0.929 bits per heavy atom. The average molecular weight is 390 g/mol. The number of ether oxygens (including phenoxy) is 2. The number of hydrogen-bond donors (Lipinski definition) is 0. The number of anilines is 1. The number of piperidine rings is 1. The number of rotatable bonds is 10. The van der Waals surface area contributed by atoms with E-state index in [0.29, 0.717) is 6.04 Å². The van der Waals surface area contributed by atoms with Crippen molar-refractivity contribution in [2.45, 2.75) is 45.6 Å². The van der Waals surface area contributed by atoms with Crippen LogP contribution in [0.5, 0.6) is 5.75 Å². The van der Waals surface area contributed by atoms with Crippen LogP contribution in [0.1, 0.15) is 39.5 Å². The average Bonchev–Trinajstić information content (AvgIpc) is 2.74. The van der Waals surface area contributed by atoms with E-state index in [1.807, 2.05) is 0 Å². The van der Waals surface area contributed by atoms with Gasteiger partial charge >= 0.3 is 0 Å². The molecule has 0 saturated carbocycles. The van der Waals surface area contributed by atoms with Gasteiger partial charge in [-0.05, 0) is 70.5 Å². The fourth-order valence-corrected chi connectivity index (χ4v) is 4.15. The number of benzene rings is 1. The van der Waals surface area contributed by atoms with Gasteiger partial charge in [-0.15, -0.1) is 0 Å². The van der Waals surface area contributed by atoms with Gasteiger partial charge in [0.2, 0.25) is 0 Å². The predicted octanol–water partition coefficient (Wildman–Crippen LogP) is 3.49. The van der Waals surface area contributed by atoms with Crippen molar-refractivity contribution in [1.82, 2.24) is 9.80 Å². The maximum absolute atomic E-state index is 5.98. The number of nitrogens with zero attached hydrogens (tertiary/aromatic N) is 3. The molecule has 2 fully saturated rings. The predicted molar refractivity (Wildman–Crippen MR) is 117 cm³/mol. The second-order valence-electron chi connectivity index (χ2n) is 8.34. The zero-order chi connectivity index (χ0) is 19.6. The van der Waals surface area contributed by atoms with E-state index in [2.05, 4.69) is 52.8 Å². The van der Waals surface area contributed by atoms with E-state index in [4.69, 9.17) is 9.47 Å². The Morgan fingerprint density at radius 3 is 2.29 bits per heavy atom. The van der Waals surface area contributed by atoms with Crippen molar-refractivity contribution in [2.75, 3.05) is 70.5 Å². The highest BCUT2D eigenvalue weighted by atomic mass is 16.5. The molecule has 5 heteroatoms. The molecule has 2 heterocycles. The Hall–Kier alpha value is -1.30. The summed E-state index contributed by atoms with van der Waals surface area (Å²) in [5.74, 6) is 0.985. The molecule has 1 aromatic rings. The normalized spacial score (nSPS) is 19.1. The molecule has 2 aliphatic rings. The molecule has 158 valence electrons. The van der Waals surface area contributed by atoms with Crippen LogP contribution in [0.2, 0.25) is 0 Å². The molecule has 0 amide bonds. The minimum Gasteiger partial charge on any atom is -0.494 e. The van der Waals surface area contributed by atoms with Gasteiger partial charge < -0.3 is 19.3 Å². The van der Waals surface area contributed by atoms with E-state index >= 15 is 0 Å². The van der Waals surface area contributed by atoms with Gasteiger partial charge in [-0.25, -0.2) is 0 Å². The lowest BCUT2D eigenvalue weighted by molar-refractivity contribution is 0.0390. The van der Waals surface area contributed by atoms with Crippen molar-refractivity contribution in [3.8, 4) is 5.75 Å². The molecule has 0 aromatic heterocycles. The quantitative estimate of drug-likeness (QED) is 0.571. The third-order valence-electron chi connectivity index (χ3n) is 5.89. The van der Waals surface area contributed by atoms with Crippen molar-refractivity contribution in [1.29, 1.82) is 0 Å². The molecule has 28 heavy (non-hydrogen) atoms. The molecular formula is C23H39N3O2. The van der Waals surface area contributed by atoms with E-state index in [0.717, 1.165) is 58.2 Å². The van der Waals surface area contributed by atoms with Crippen LogP contribution in [0.15, 0.2) is 24.3 Å². The zero-order valence-electron chi connectivity index (χ0n) is 17.9. The van der Waals surface area contributed by atoms with Crippen LogP contribution in [-0.4, -0.2) is 81.5 Å². The molecule has 0 N–H and O–H groups in total. The molecule has 0 unspecified atom stereocenters. The van der Waals surface area contributed by atoms with Crippen LogP contribution in [0.4, 0.5) is 5.69 Å². The summed E-state index contributed by atoms with van der Waals surface area (Å²) in [7, 11) is 0. The van der Waals surface area contributed by atoms with Gasteiger partial charge in [-0.3, -0.25) is 4.90 Å². The zero-order valence-corrected chi connectivity index (χ0v) is 17.9. The SMILES string of the molecule is CC(C)N(CCN1CCOCC1)c1ccc(OCCCN2CCCCC2)cc1. The second-order valence-corrected chi connectivity index (χ2v) is 8.34. The van der Waals surface area contributed by atoms with E-state index < -0.39 is 0 Å². The van der Waals surface area contributed by atoms with E-state index in [1.165, 1.54) is 44.6 Å². The smallest absolute Gasteiger partial charge is 0.119 e. The summed E-state index contributed by atoms with van der Waals surface area (Å²) < 4.78 is 11.4. The molecule has 2 saturated heterocycles. The third kappa shape index (κ3) is 6.94. The van der Waals surface area contributed by atoms with Gasteiger partial charge in [0.05, 0.1) is 19.8 Å². The van der Waals surface area contributed by atoms with Crippen molar-refractivity contribution in [3.63, 3.8) is 0 Å². The number of morpholine rings is 1. The first-order valence-electron chi connectivity index (χ1n) is 11.2. The molecule has 0 aliphatic carbocycles. The number of likely N-dealkylation sites (tertiary alicyclic amines) is 1. The summed E-state index contributed by atoms with van der Waals surface area (Å²) >= 11 is 0. The highest BCUT2D eigenvalue weighted by Crippen LogP contribution is 2.21. The van der Waals surface area contributed by atoms with Gasteiger partial charge in [0.15, 0.2) is 0 Å². The first kappa shape index (κ1) is 21.4. The molecule has 5 nitrogen and oxygen atoms in total. The summed E-state index contributed by atoms with van der Waals surface area (Å²) in [6, 6.07) is 9.15. The summed E-state index contributed by atoms with van der Waals surface area (Å²) in [5.41, 5.74) is 1.28. The van der Waals surface area contributed by atoms with Gasteiger partial charge in [-0.1, -0.05) is 6.42 Å². The van der Waals surface area contributed by atoms with Crippen LogP contribution < -0.4 is 9.64 Å². The minimum absolute atomic E-state index is 0.484. The Labute approximate surface area is 171 Å². The molecule has 3 rings (SSSR count). The van der Waals surface area contributed by atoms with Crippen molar-refractivity contribution in [3.05, 3.63) is 24.3 Å². The van der Waals surface area contributed by atoms with Crippen LogP contribution in [-0.2, 0) is 4.74 Å². The van der Waals surface area contributed by atoms with Gasteiger partial charge in [0, 0.05) is 44.5 Å². The maximum Gasteiger partial charge on any atom is 0.119 e. The monoisotopic (exact) mass is 389 g/mol. The van der Waals surface area contributed by atoms with Crippen LogP contribution >= 0.6 is 0 Å². The molecule has 0 radical (unpaired) electrons. The third-order valence-corrected chi connectivity index (χ3v) is 5.89. The largest absolute Gasteiger partial charge is 0.494 e. The fourth-order valence-electron chi connectivity index (χ4n) is 4.15. The lowest BCUT2D eigenvalue weighted by atomic mass is 10.1. The Balaban J connectivity index is 1.41. The molecule has 1 aromatic carbocycles. The molecule has 0 bridgehead atoms. The molecule has 2 aliphatic heterocycles. The molecule has 0 spiro atoms. The topological polar surface area (TPSA) is 28.2 Å². The minimum atomic E-state index is 0.484. The Bertz CT molecular complexity index is 537. The second kappa shape index (κ2) is 11.6. The summed E-state index contributed by atoms with van der Waals surface area (Å²) in [6.45, 7) is 15.0. The fraction of sp³-hybridized carbons (Fsp3) is 0.739. The van der Waals surface area contributed by atoms with Crippen molar-refractivity contribution in [2.24, 2.45) is 0 Å². The maximum atomic E-state index is 5.98. The summed E-state index contributed by atoms with van der Waals surface area (Å²) in [6.07, 6.45) is 5.24. The highest BCUT2D eigenvalue weighted by molar-refractivity contribution is 5.49. The standard InChI is InChI=1S/C23H39N3O2/c1-21(2)26(15-14-25-16-19-27-20-17-25)22-7-9-23(10-8-22)28-18-6-13-24-11-4-3-5-12-24/h7-10,21H,3-6,11-20H2,1-2H3. The van der Waals surface area contributed by atoms with Gasteiger partial charge in [0.1, 0.15) is 5.75 Å². The number of hydrogen-bond acceptors (Lipinski definition) is 5. The van der Waals surface area contributed by atoms with Crippen LogP contribution in [0, 0.1) is 0 Å². The van der Waals surface area contributed by atoms with E-state index in [9.17, 15) is 0 Å². The first-order valence-corrected chi connectivity index (χ1v) is 11.2. The van der Waals surface area contributed by atoms with E-state index in [-0.39, 0.29) is 0 Å². The Morgan fingerprint density at radius 2 is 1.61 bits per heavy atom. The van der Waals surface area contributed by atoms with Gasteiger partial charge in [-0.2, -0.15) is 0 Å². The molecule has 0 atom stereocenters. The van der Waals surface area contributed by atoms with Crippen molar-refractivity contribution >= 4 is 5.69 Å². The van der Waals surface area contributed by atoms with Crippen LogP contribution in [0.25, 0.3) is 0 Å². The van der Waals surface area contributed by atoms with Gasteiger partial charge in [0.25, 0.3) is 0 Å². The summed E-state index contributed by atoms with van der Waals surface area (Å²) in [5, 5.41) is 0. The first-order chi connectivity index (χ1) is 13.7. The lowest BCUT2D eigenvalue weighted by Crippen LogP contribution is -2.43. The Kier molecular flexibility index (Phi) is 8.90. The van der Waals surface area contributed by atoms with Crippen molar-refractivity contribution < 1.29 is 9.47 Å². The lowest BCUT2D eigenvalue weighted by Gasteiger charge is -2.33. The van der Waals surface area contributed by atoms with E-state index in [1.54, 1.807) is 0 Å². The molecular weight excluding hydrogens is 350 g/mol.